The zero-order valence-electron chi connectivity index (χ0n) is 14.9. The van der Waals surface area contributed by atoms with Crippen LogP contribution in [0.2, 0.25) is 5.02 Å². The third-order valence-corrected chi connectivity index (χ3v) is 6.32. The minimum Gasteiger partial charge on any atom is -0.331 e. The zero-order valence-corrected chi connectivity index (χ0v) is 15.7. The lowest BCUT2D eigenvalue weighted by Gasteiger charge is -2.30. The van der Waals surface area contributed by atoms with Gasteiger partial charge in [-0.3, -0.25) is 4.79 Å². The molecule has 2 fully saturated rings. The molecule has 0 saturated carbocycles. The van der Waals surface area contributed by atoms with Crippen molar-refractivity contribution < 1.29 is 9.18 Å². The van der Waals surface area contributed by atoms with Crippen molar-refractivity contribution in [1.29, 1.82) is 0 Å². The van der Waals surface area contributed by atoms with E-state index < -0.39 is 5.82 Å². The molecule has 2 heterocycles. The Hall–Kier alpha value is -1.91. The smallest absolute Gasteiger partial charge is 0.258 e. The molecule has 4 rings (SSSR count). The Balaban J connectivity index is 1.79. The van der Waals surface area contributed by atoms with Gasteiger partial charge in [0.05, 0.1) is 16.6 Å². The van der Waals surface area contributed by atoms with Gasteiger partial charge in [0, 0.05) is 25.6 Å². The van der Waals surface area contributed by atoms with Crippen molar-refractivity contribution in [3.63, 3.8) is 0 Å². The largest absolute Gasteiger partial charge is 0.331 e. The first-order valence-corrected chi connectivity index (χ1v) is 9.38. The van der Waals surface area contributed by atoms with E-state index in [1.807, 2.05) is 17.0 Å². The Morgan fingerprint density at radius 1 is 1.15 bits per heavy atom. The number of carbonyl (C=O) groups is 1. The standard InChI is InChI=1S/C21H22ClFN2O/c1-12-5-3-4-6-15(12)20-16-10-24-9-14(16)11-25(20)21(26)18-17(23)8-7-13(2)19(18)22/h3-8,14,16,20,24H,9-11H2,1-2H3/t14-,16-,20-/m0/s1. The fourth-order valence-electron chi connectivity index (χ4n) is 4.44. The van der Waals surface area contributed by atoms with Crippen molar-refractivity contribution in [2.75, 3.05) is 19.6 Å². The Bertz CT molecular complexity index is 869. The quantitative estimate of drug-likeness (QED) is 0.859. The van der Waals surface area contributed by atoms with Crippen LogP contribution in [0.3, 0.4) is 0 Å². The minimum absolute atomic E-state index is 0.00168. The van der Waals surface area contributed by atoms with Crippen molar-refractivity contribution in [3.8, 4) is 0 Å². The molecule has 5 heteroatoms. The number of hydrogen-bond donors (Lipinski definition) is 1. The number of nitrogens with one attached hydrogen (secondary N) is 1. The molecule has 3 atom stereocenters. The van der Waals surface area contributed by atoms with Crippen LogP contribution >= 0.6 is 11.6 Å². The SMILES string of the molecule is Cc1ccccc1[C@H]1[C@H]2CNC[C@H]2CN1C(=O)c1c(F)ccc(C)c1Cl. The van der Waals surface area contributed by atoms with Crippen molar-refractivity contribution in [3.05, 3.63) is 69.5 Å². The number of halogens is 2. The lowest BCUT2D eigenvalue weighted by Crippen LogP contribution is -2.35. The molecule has 1 N–H and O–H groups in total. The van der Waals surface area contributed by atoms with Crippen LogP contribution in [0.5, 0.6) is 0 Å². The van der Waals surface area contributed by atoms with E-state index >= 15 is 0 Å². The third-order valence-electron chi connectivity index (χ3n) is 5.83. The Morgan fingerprint density at radius 2 is 1.92 bits per heavy atom. The highest BCUT2D eigenvalue weighted by atomic mass is 35.5. The van der Waals surface area contributed by atoms with E-state index in [1.54, 1.807) is 13.0 Å². The summed E-state index contributed by atoms with van der Waals surface area (Å²) in [7, 11) is 0. The van der Waals surface area contributed by atoms with E-state index in [0.29, 0.717) is 23.9 Å². The van der Waals surface area contributed by atoms with Crippen LogP contribution in [0.25, 0.3) is 0 Å². The Labute approximate surface area is 158 Å². The summed E-state index contributed by atoms with van der Waals surface area (Å²) in [5.74, 6) is -0.134. The summed E-state index contributed by atoms with van der Waals surface area (Å²) in [6.07, 6.45) is 0. The van der Waals surface area contributed by atoms with Gasteiger partial charge in [-0.25, -0.2) is 4.39 Å². The van der Waals surface area contributed by atoms with E-state index in [0.717, 1.165) is 24.2 Å². The van der Waals surface area contributed by atoms with Crippen LogP contribution in [0.1, 0.15) is 33.1 Å². The molecule has 26 heavy (non-hydrogen) atoms. The number of rotatable bonds is 2. The first-order valence-electron chi connectivity index (χ1n) is 9.01. The molecule has 2 aromatic carbocycles. The maximum Gasteiger partial charge on any atom is 0.258 e. The summed E-state index contributed by atoms with van der Waals surface area (Å²) in [4.78, 5) is 15.2. The third kappa shape index (κ3) is 2.72. The second-order valence-electron chi connectivity index (χ2n) is 7.39. The topological polar surface area (TPSA) is 32.3 Å². The molecule has 3 nitrogen and oxygen atoms in total. The van der Waals surface area contributed by atoms with E-state index in [-0.39, 0.29) is 22.5 Å². The highest BCUT2D eigenvalue weighted by Crippen LogP contribution is 2.44. The number of carbonyl (C=O) groups excluding carboxylic acids is 1. The average Bonchev–Trinajstić information content (AvgIpc) is 3.20. The van der Waals surface area contributed by atoms with Gasteiger partial charge in [0.1, 0.15) is 5.82 Å². The van der Waals surface area contributed by atoms with Crippen molar-refractivity contribution in [2.24, 2.45) is 11.8 Å². The van der Waals surface area contributed by atoms with Gasteiger partial charge in [-0.05, 0) is 42.5 Å². The van der Waals surface area contributed by atoms with E-state index in [4.69, 9.17) is 11.6 Å². The molecule has 0 radical (unpaired) electrons. The summed E-state index contributed by atoms with van der Waals surface area (Å²) in [5, 5.41) is 3.65. The Kier molecular flexibility index (Phi) is 4.49. The van der Waals surface area contributed by atoms with E-state index in [9.17, 15) is 9.18 Å². The van der Waals surface area contributed by atoms with Crippen LogP contribution in [0.15, 0.2) is 36.4 Å². The molecule has 2 aromatic rings. The first-order chi connectivity index (χ1) is 12.5. The molecule has 0 spiro atoms. The molecule has 0 unspecified atom stereocenters. The molecule has 136 valence electrons. The lowest BCUT2D eigenvalue weighted by atomic mass is 9.87. The Morgan fingerprint density at radius 3 is 2.69 bits per heavy atom. The monoisotopic (exact) mass is 372 g/mol. The molecule has 0 aliphatic carbocycles. The van der Waals surface area contributed by atoms with Gasteiger partial charge in [-0.1, -0.05) is 41.9 Å². The predicted octanol–water partition coefficient (Wildman–Crippen LogP) is 4.13. The maximum absolute atomic E-state index is 14.5. The molecule has 2 aliphatic rings. The van der Waals surface area contributed by atoms with Crippen molar-refractivity contribution in [2.45, 2.75) is 19.9 Å². The minimum atomic E-state index is -0.552. The fraction of sp³-hybridized carbons (Fsp3) is 0.381. The number of likely N-dealkylation sites (tertiary alicyclic amines) is 1. The predicted molar refractivity (Wildman–Crippen MR) is 101 cm³/mol. The van der Waals surface area contributed by atoms with Crippen molar-refractivity contribution in [1.82, 2.24) is 10.2 Å². The zero-order chi connectivity index (χ0) is 18.4. The molecule has 0 bridgehead atoms. The number of fused-ring (bicyclic) bond motifs is 1. The van der Waals surface area contributed by atoms with Gasteiger partial charge in [0.15, 0.2) is 0 Å². The van der Waals surface area contributed by atoms with Crippen LogP contribution in [-0.4, -0.2) is 30.4 Å². The van der Waals surface area contributed by atoms with Crippen LogP contribution in [0, 0.1) is 31.5 Å². The molecule has 2 aliphatic heterocycles. The number of aryl methyl sites for hydroxylation is 2. The number of nitrogens with zero attached hydrogens (tertiary/aromatic N) is 1. The molecule has 1 amide bonds. The fourth-order valence-corrected chi connectivity index (χ4v) is 4.68. The highest BCUT2D eigenvalue weighted by molar-refractivity contribution is 6.34. The van der Waals surface area contributed by atoms with Crippen molar-refractivity contribution >= 4 is 17.5 Å². The average molecular weight is 373 g/mol. The number of amides is 1. The molecule has 0 aromatic heterocycles. The van der Waals surface area contributed by atoms with E-state index in [1.165, 1.54) is 6.07 Å². The summed E-state index contributed by atoms with van der Waals surface area (Å²) in [5.41, 5.74) is 3.00. The van der Waals surface area contributed by atoms with Gasteiger partial charge < -0.3 is 10.2 Å². The normalized spacial score (nSPS) is 24.8. The van der Waals surface area contributed by atoms with Crippen LogP contribution in [0.4, 0.5) is 4.39 Å². The maximum atomic E-state index is 14.5. The van der Waals surface area contributed by atoms with Crippen LogP contribution < -0.4 is 5.32 Å². The number of hydrogen-bond acceptors (Lipinski definition) is 2. The highest BCUT2D eigenvalue weighted by Gasteiger charge is 2.47. The molecular weight excluding hydrogens is 351 g/mol. The van der Waals surface area contributed by atoms with Crippen LogP contribution in [-0.2, 0) is 0 Å². The summed E-state index contributed by atoms with van der Waals surface area (Å²) in [6, 6.07) is 11.0. The van der Waals surface area contributed by atoms with E-state index in [2.05, 4.69) is 24.4 Å². The number of benzene rings is 2. The molecule has 2 saturated heterocycles. The first kappa shape index (κ1) is 17.5. The van der Waals surface area contributed by atoms with Gasteiger partial charge in [0.25, 0.3) is 5.91 Å². The van der Waals surface area contributed by atoms with Gasteiger partial charge in [0.2, 0.25) is 0 Å². The van der Waals surface area contributed by atoms with Gasteiger partial charge in [-0.15, -0.1) is 0 Å². The summed E-state index contributed by atoms with van der Waals surface area (Å²) in [6.45, 7) is 6.24. The lowest BCUT2D eigenvalue weighted by molar-refractivity contribution is 0.0709. The summed E-state index contributed by atoms with van der Waals surface area (Å²) >= 11 is 6.32. The van der Waals surface area contributed by atoms with Gasteiger partial charge in [-0.2, -0.15) is 0 Å². The van der Waals surface area contributed by atoms with Gasteiger partial charge >= 0.3 is 0 Å². The summed E-state index contributed by atoms with van der Waals surface area (Å²) < 4.78 is 14.5. The molecular formula is C21H22ClFN2O. The second-order valence-corrected chi connectivity index (χ2v) is 7.77. The second kappa shape index (κ2) is 6.67.